The van der Waals surface area contributed by atoms with Gasteiger partial charge < -0.3 is 9.80 Å². The number of hydrogen-bond donors (Lipinski definition) is 0. The molecular weight excluding hydrogens is 296 g/mol. The van der Waals surface area contributed by atoms with Crippen LogP contribution in [0.4, 0.5) is 0 Å². The van der Waals surface area contributed by atoms with Crippen LogP contribution in [0.1, 0.15) is 35.4 Å². The standard InChI is InChI=1S/C17H24N2O2S/c1-12-6-7-14(22-12)10-17(21)19-9-8-15-13(11-19)4-3-5-16(20)18(15)2/h6-7,13,15H,3-5,8-11H2,1-2H3/t13-,15+/m0/s1. The van der Waals surface area contributed by atoms with Gasteiger partial charge in [-0.05, 0) is 44.2 Å². The summed E-state index contributed by atoms with van der Waals surface area (Å²) in [6, 6.07) is 4.46. The van der Waals surface area contributed by atoms with Gasteiger partial charge in [-0.15, -0.1) is 11.3 Å². The minimum Gasteiger partial charge on any atom is -0.342 e. The van der Waals surface area contributed by atoms with Crippen molar-refractivity contribution in [2.75, 3.05) is 20.1 Å². The molecule has 1 aromatic rings. The summed E-state index contributed by atoms with van der Waals surface area (Å²) >= 11 is 1.71. The highest BCUT2D eigenvalue weighted by molar-refractivity contribution is 7.12. The molecule has 2 aliphatic heterocycles. The fourth-order valence-corrected chi connectivity index (χ4v) is 4.64. The van der Waals surface area contributed by atoms with E-state index in [0.29, 0.717) is 24.8 Å². The van der Waals surface area contributed by atoms with Crippen LogP contribution >= 0.6 is 11.3 Å². The first-order chi connectivity index (χ1) is 10.5. The van der Waals surface area contributed by atoms with Crippen LogP contribution in [0, 0.1) is 12.8 Å². The summed E-state index contributed by atoms with van der Waals surface area (Å²) in [5.74, 6) is 0.944. The highest BCUT2D eigenvalue weighted by Gasteiger charge is 2.36. The lowest BCUT2D eigenvalue weighted by atomic mass is 9.88. The molecule has 22 heavy (non-hydrogen) atoms. The molecule has 0 bridgehead atoms. The summed E-state index contributed by atoms with van der Waals surface area (Å²) in [4.78, 5) is 30.9. The molecule has 0 saturated carbocycles. The minimum atomic E-state index is 0.235. The zero-order valence-corrected chi connectivity index (χ0v) is 14.2. The first-order valence-corrected chi connectivity index (χ1v) is 8.95. The summed E-state index contributed by atoms with van der Waals surface area (Å²) in [6.07, 6.45) is 4.11. The second kappa shape index (κ2) is 6.41. The van der Waals surface area contributed by atoms with Crippen LogP contribution in [0.25, 0.3) is 0 Å². The number of hydrogen-bond acceptors (Lipinski definition) is 3. The third-order valence-corrected chi connectivity index (χ3v) is 6.03. The largest absolute Gasteiger partial charge is 0.342 e. The molecule has 2 amide bonds. The normalized spacial score (nSPS) is 25.8. The highest BCUT2D eigenvalue weighted by atomic mass is 32.1. The molecule has 0 spiro atoms. The molecule has 4 nitrogen and oxygen atoms in total. The van der Waals surface area contributed by atoms with Crippen LogP contribution in [-0.2, 0) is 16.0 Å². The molecule has 0 aliphatic carbocycles. The maximum Gasteiger partial charge on any atom is 0.227 e. The van der Waals surface area contributed by atoms with Gasteiger partial charge in [0.15, 0.2) is 0 Å². The van der Waals surface area contributed by atoms with Gasteiger partial charge in [0.2, 0.25) is 11.8 Å². The van der Waals surface area contributed by atoms with Gasteiger partial charge in [-0.25, -0.2) is 0 Å². The van der Waals surface area contributed by atoms with E-state index >= 15 is 0 Å². The first-order valence-electron chi connectivity index (χ1n) is 8.13. The Morgan fingerprint density at radius 1 is 1.36 bits per heavy atom. The number of carbonyl (C=O) groups excluding carboxylic acids is 2. The predicted octanol–water partition coefficient (Wildman–Crippen LogP) is 2.46. The summed E-state index contributed by atoms with van der Waals surface area (Å²) in [5.41, 5.74) is 0. The molecule has 3 rings (SSSR count). The second-order valence-corrected chi connectivity index (χ2v) is 7.91. The number of thiophene rings is 1. The number of fused-ring (bicyclic) bond motifs is 1. The van der Waals surface area contributed by atoms with Crippen molar-refractivity contribution in [3.63, 3.8) is 0 Å². The SMILES string of the molecule is Cc1ccc(CC(=O)N2CC[C@@H]3[C@@H](CCCC(=O)N3C)C2)s1. The lowest BCUT2D eigenvalue weighted by Crippen LogP contribution is -2.52. The van der Waals surface area contributed by atoms with E-state index in [4.69, 9.17) is 0 Å². The van der Waals surface area contributed by atoms with Gasteiger partial charge in [-0.2, -0.15) is 0 Å². The average molecular weight is 320 g/mol. The number of carbonyl (C=O) groups is 2. The minimum absolute atomic E-state index is 0.235. The highest BCUT2D eigenvalue weighted by Crippen LogP contribution is 2.30. The van der Waals surface area contributed by atoms with Crippen molar-refractivity contribution in [3.05, 3.63) is 21.9 Å². The zero-order chi connectivity index (χ0) is 15.7. The third-order valence-electron chi connectivity index (χ3n) is 5.02. The summed E-state index contributed by atoms with van der Waals surface area (Å²) in [5, 5.41) is 0. The number of amides is 2. The van der Waals surface area contributed by atoms with Crippen molar-refractivity contribution in [1.82, 2.24) is 9.80 Å². The van der Waals surface area contributed by atoms with Crippen molar-refractivity contribution in [3.8, 4) is 0 Å². The average Bonchev–Trinajstić information content (AvgIpc) is 2.85. The fraction of sp³-hybridized carbons (Fsp3) is 0.647. The molecule has 120 valence electrons. The van der Waals surface area contributed by atoms with Crippen LogP contribution in [0.5, 0.6) is 0 Å². The van der Waals surface area contributed by atoms with Gasteiger partial charge in [0.1, 0.15) is 0 Å². The Morgan fingerprint density at radius 2 is 2.18 bits per heavy atom. The second-order valence-electron chi connectivity index (χ2n) is 6.54. The van der Waals surface area contributed by atoms with E-state index in [2.05, 4.69) is 19.1 Å². The van der Waals surface area contributed by atoms with Gasteiger partial charge in [0.05, 0.1) is 6.42 Å². The van der Waals surface area contributed by atoms with E-state index in [1.165, 1.54) is 4.88 Å². The Balaban J connectivity index is 1.63. The molecule has 2 saturated heterocycles. The molecule has 2 atom stereocenters. The Labute approximate surface area is 136 Å². The maximum atomic E-state index is 12.5. The van der Waals surface area contributed by atoms with Crippen molar-refractivity contribution in [2.45, 2.75) is 45.1 Å². The predicted molar refractivity (Wildman–Crippen MR) is 87.9 cm³/mol. The molecule has 2 fully saturated rings. The van der Waals surface area contributed by atoms with Crippen molar-refractivity contribution in [1.29, 1.82) is 0 Å². The summed E-state index contributed by atoms with van der Waals surface area (Å²) in [6.45, 7) is 3.66. The van der Waals surface area contributed by atoms with E-state index in [0.717, 1.165) is 37.2 Å². The van der Waals surface area contributed by atoms with Gasteiger partial charge in [0.25, 0.3) is 0 Å². The Bertz CT molecular complexity index is 569. The number of piperidine rings is 1. The maximum absolute atomic E-state index is 12.5. The molecule has 0 unspecified atom stereocenters. The van der Waals surface area contributed by atoms with E-state index < -0.39 is 0 Å². The monoisotopic (exact) mass is 320 g/mol. The summed E-state index contributed by atoms with van der Waals surface area (Å²) in [7, 11) is 1.93. The van der Waals surface area contributed by atoms with E-state index in [1.54, 1.807) is 11.3 Å². The van der Waals surface area contributed by atoms with Gasteiger partial charge in [0, 0.05) is 42.4 Å². The van der Waals surface area contributed by atoms with Crippen LogP contribution in [0.3, 0.4) is 0 Å². The topological polar surface area (TPSA) is 40.6 Å². The Kier molecular flexibility index (Phi) is 4.52. The number of aryl methyl sites for hydroxylation is 1. The summed E-state index contributed by atoms with van der Waals surface area (Å²) < 4.78 is 0. The van der Waals surface area contributed by atoms with E-state index in [-0.39, 0.29) is 11.8 Å². The van der Waals surface area contributed by atoms with Crippen LogP contribution in [-0.4, -0.2) is 47.8 Å². The first kappa shape index (κ1) is 15.5. The molecule has 0 radical (unpaired) electrons. The lowest BCUT2D eigenvalue weighted by molar-refractivity contribution is -0.136. The smallest absolute Gasteiger partial charge is 0.227 e. The number of nitrogens with zero attached hydrogens (tertiary/aromatic N) is 2. The van der Waals surface area contributed by atoms with Crippen LogP contribution in [0.15, 0.2) is 12.1 Å². The number of rotatable bonds is 2. The molecule has 1 aromatic heterocycles. The quantitative estimate of drug-likeness (QED) is 0.840. The Morgan fingerprint density at radius 3 is 2.91 bits per heavy atom. The molecular formula is C17H24N2O2S. The zero-order valence-electron chi connectivity index (χ0n) is 13.4. The van der Waals surface area contributed by atoms with Crippen molar-refractivity contribution in [2.24, 2.45) is 5.92 Å². The van der Waals surface area contributed by atoms with E-state index in [9.17, 15) is 9.59 Å². The fourth-order valence-electron chi connectivity index (χ4n) is 3.76. The third kappa shape index (κ3) is 3.19. The molecule has 0 aromatic carbocycles. The van der Waals surface area contributed by atoms with Gasteiger partial charge >= 0.3 is 0 Å². The van der Waals surface area contributed by atoms with E-state index in [1.807, 2.05) is 16.8 Å². The molecule has 5 heteroatoms. The van der Waals surface area contributed by atoms with Crippen molar-refractivity contribution >= 4 is 23.2 Å². The van der Waals surface area contributed by atoms with Crippen LogP contribution in [0.2, 0.25) is 0 Å². The van der Waals surface area contributed by atoms with Crippen molar-refractivity contribution < 1.29 is 9.59 Å². The van der Waals surface area contributed by atoms with Gasteiger partial charge in [-0.3, -0.25) is 9.59 Å². The van der Waals surface area contributed by atoms with Crippen LogP contribution < -0.4 is 0 Å². The number of likely N-dealkylation sites (tertiary alicyclic amines) is 2. The lowest BCUT2D eigenvalue weighted by Gasteiger charge is -2.41. The molecule has 3 heterocycles. The Hall–Kier alpha value is -1.36. The molecule has 0 N–H and O–H groups in total. The molecule has 2 aliphatic rings. The van der Waals surface area contributed by atoms with Gasteiger partial charge in [-0.1, -0.05) is 0 Å².